The molecule has 0 bridgehead atoms. The van der Waals surface area contributed by atoms with Crippen molar-refractivity contribution in [2.75, 3.05) is 0 Å². The summed E-state index contributed by atoms with van der Waals surface area (Å²) >= 11 is 0. The number of aryl methyl sites for hydroxylation is 3. The molecule has 1 aromatic carbocycles. The van der Waals surface area contributed by atoms with E-state index in [9.17, 15) is 9.59 Å². The zero-order valence-corrected chi connectivity index (χ0v) is 11.4. The zero-order chi connectivity index (χ0) is 14.2. The van der Waals surface area contributed by atoms with Crippen LogP contribution in [0, 0.1) is 13.8 Å². The lowest BCUT2D eigenvalue weighted by Crippen LogP contribution is -2.19. The van der Waals surface area contributed by atoms with Gasteiger partial charge in [0, 0.05) is 18.1 Å². The number of rotatable bonds is 3. The highest BCUT2D eigenvalue weighted by Crippen LogP contribution is 2.20. The van der Waals surface area contributed by atoms with Gasteiger partial charge in [0.15, 0.2) is 0 Å². The van der Waals surface area contributed by atoms with E-state index in [1.807, 2.05) is 31.4 Å². The molecule has 2 rings (SSSR count). The summed E-state index contributed by atoms with van der Waals surface area (Å²) in [6.07, 6.45) is 2.34. The predicted octanol–water partition coefficient (Wildman–Crippen LogP) is 2.73. The Hall–Kier alpha value is -2.10. The normalized spacial score (nSPS) is 10.9. The molecule has 4 heteroatoms. The molecule has 0 saturated heterocycles. The average molecular weight is 259 g/mol. The standard InChI is InChI=1S/C15H17NO3/c1-4-7-16-8-12(15(18)19)14(17)11-6-5-9(2)10(3)13(11)16/h5-6,8H,4,7H2,1-3H3,(H,18,19). The van der Waals surface area contributed by atoms with E-state index in [0.717, 1.165) is 23.1 Å². The van der Waals surface area contributed by atoms with Crippen LogP contribution in [0.25, 0.3) is 10.9 Å². The van der Waals surface area contributed by atoms with Crippen LogP contribution in [0.4, 0.5) is 0 Å². The molecule has 0 aliphatic rings. The van der Waals surface area contributed by atoms with Gasteiger partial charge in [-0.2, -0.15) is 0 Å². The lowest BCUT2D eigenvalue weighted by atomic mass is 10.0. The third-order valence-electron chi connectivity index (χ3n) is 3.46. The van der Waals surface area contributed by atoms with Gasteiger partial charge in [0.2, 0.25) is 5.43 Å². The van der Waals surface area contributed by atoms with Gasteiger partial charge in [-0.05, 0) is 37.5 Å². The van der Waals surface area contributed by atoms with Crippen LogP contribution in [0.5, 0.6) is 0 Å². The van der Waals surface area contributed by atoms with E-state index in [4.69, 9.17) is 5.11 Å². The van der Waals surface area contributed by atoms with Crippen molar-refractivity contribution in [2.45, 2.75) is 33.7 Å². The molecule has 100 valence electrons. The number of hydrogen-bond donors (Lipinski definition) is 1. The first-order valence-electron chi connectivity index (χ1n) is 6.34. The molecule has 0 radical (unpaired) electrons. The number of fused-ring (bicyclic) bond motifs is 1. The van der Waals surface area contributed by atoms with Gasteiger partial charge >= 0.3 is 5.97 Å². The number of carboxylic acids is 1. The number of carbonyl (C=O) groups is 1. The van der Waals surface area contributed by atoms with Crippen molar-refractivity contribution >= 4 is 16.9 Å². The summed E-state index contributed by atoms with van der Waals surface area (Å²) in [5.74, 6) is -1.17. The first-order valence-corrected chi connectivity index (χ1v) is 6.34. The van der Waals surface area contributed by atoms with E-state index in [-0.39, 0.29) is 5.56 Å². The molecule has 19 heavy (non-hydrogen) atoms. The van der Waals surface area contributed by atoms with Gasteiger partial charge in [0.05, 0.1) is 5.52 Å². The number of hydrogen-bond acceptors (Lipinski definition) is 2. The number of benzene rings is 1. The Morgan fingerprint density at radius 3 is 2.58 bits per heavy atom. The molecular formula is C15H17NO3. The highest BCUT2D eigenvalue weighted by Gasteiger charge is 2.15. The number of aromatic nitrogens is 1. The van der Waals surface area contributed by atoms with Crippen LogP contribution >= 0.6 is 0 Å². The molecule has 0 aliphatic carbocycles. The molecule has 0 spiro atoms. The smallest absolute Gasteiger partial charge is 0.341 e. The van der Waals surface area contributed by atoms with Gasteiger partial charge in [0.1, 0.15) is 5.56 Å². The van der Waals surface area contributed by atoms with Crippen molar-refractivity contribution in [3.8, 4) is 0 Å². The van der Waals surface area contributed by atoms with E-state index in [1.165, 1.54) is 6.20 Å². The molecule has 1 N–H and O–H groups in total. The maximum Gasteiger partial charge on any atom is 0.341 e. The Bertz CT molecular complexity index is 713. The monoisotopic (exact) mass is 259 g/mol. The zero-order valence-electron chi connectivity index (χ0n) is 11.4. The highest BCUT2D eigenvalue weighted by molar-refractivity contribution is 5.93. The minimum absolute atomic E-state index is 0.163. The average Bonchev–Trinajstić information content (AvgIpc) is 2.36. The van der Waals surface area contributed by atoms with Crippen LogP contribution in [0.1, 0.15) is 34.8 Å². The van der Waals surface area contributed by atoms with Gasteiger partial charge in [-0.25, -0.2) is 4.79 Å². The number of carboxylic acid groups (broad SMARTS) is 1. The van der Waals surface area contributed by atoms with E-state index >= 15 is 0 Å². The van der Waals surface area contributed by atoms with Crippen molar-refractivity contribution in [1.82, 2.24) is 4.57 Å². The SMILES string of the molecule is CCCn1cc(C(=O)O)c(=O)c2ccc(C)c(C)c21. The molecule has 1 heterocycles. The van der Waals surface area contributed by atoms with Crippen molar-refractivity contribution in [1.29, 1.82) is 0 Å². The maximum atomic E-state index is 12.2. The Kier molecular flexibility index (Phi) is 3.42. The van der Waals surface area contributed by atoms with Crippen molar-refractivity contribution in [2.24, 2.45) is 0 Å². The molecule has 0 unspecified atom stereocenters. The highest BCUT2D eigenvalue weighted by atomic mass is 16.4. The Labute approximate surface area is 111 Å². The Morgan fingerprint density at radius 2 is 2.00 bits per heavy atom. The molecule has 0 aliphatic heterocycles. The maximum absolute atomic E-state index is 12.2. The fourth-order valence-electron chi connectivity index (χ4n) is 2.35. The summed E-state index contributed by atoms with van der Waals surface area (Å²) in [5.41, 5.74) is 2.40. The van der Waals surface area contributed by atoms with Gasteiger partial charge in [0.25, 0.3) is 0 Å². The fraction of sp³-hybridized carbons (Fsp3) is 0.333. The molecule has 0 amide bonds. The number of aromatic carboxylic acids is 1. The summed E-state index contributed by atoms with van der Waals surface area (Å²) in [6.45, 7) is 6.67. The van der Waals surface area contributed by atoms with Crippen molar-refractivity contribution in [3.05, 3.63) is 45.2 Å². The number of pyridine rings is 1. The quantitative estimate of drug-likeness (QED) is 0.922. The van der Waals surface area contributed by atoms with E-state index in [0.29, 0.717) is 11.9 Å². The summed E-state index contributed by atoms with van der Waals surface area (Å²) in [7, 11) is 0. The van der Waals surface area contributed by atoms with Gasteiger partial charge in [-0.1, -0.05) is 13.0 Å². The Morgan fingerprint density at radius 1 is 1.32 bits per heavy atom. The topological polar surface area (TPSA) is 59.3 Å². The van der Waals surface area contributed by atoms with Crippen LogP contribution in [0.15, 0.2) is 23.1 Å². The summed E-state index contributed by atoms with van der Waals surface area (Å²) in [5, 5.41) is 9.61. The third kappa shape index (κ3) is 2.14. The van der Waals surface area contributed by atoms with Crippen molar-refractivity contribution < 1.29 is 9.90 Å². The lowest BCUT2D eigenvalue weighted by Gasteiger charge is -2.14. The second kappa shape index (κ2) is 4.88. The first-order chi connectivity index (χ1) is 8.97. The van der Waals surface area contributed by atoms with Crippen molar-refractivity contribution in [3.63, 3.8) is 0 Å². The summed E-state index contributed by atoms with van der Waals surface area (Å²) in [4.78, 5) is 23.4. The minimum atomic E-state index is -1.17. The first kappa shape index (κ1) is 13.3. The molecule has 0 fully saturated rings. The Balaban J connectivity index is 2.96. The molecular weight excluding hydrogens is 242 g/mol. The largest absolute Gasteiger partial charge is 0.477 e. The second-order valence-electron chi connectivity index (χ2n) is 4.77. The molecule has 4 nitrogen and oxygen atoms in total. The minimum Gasteiger partial charge on any atom is -0.477 e. The van der Waals surface area contributed by atoms with E-state index in [2.05, 4.69) is 0 Å². The van der Waals surface area contributed by atoms with Gasteiger partial charge in [-0.15, -0.1) is 0 Å². The lowest BCUT2D eigenvalue weighted by molar-refractivity contribution is 0.0695. The van der Waals surface area contributed by atoms with E-state index in [1.54, 1.807) is 6.07 Å². The van der Waals surface area contributed by atoms with Crippen LogP contribution in [-0.4, -0.2) is 15.6 Å². The molecule has 1 aromatic heterocycles. The van der Waals surface area contributed by atoms with Crippen LogP contribution < -0.4 is 5.43 Å². The fourth-order valence-corrected chi connectivity index (χ4v) is 2.35. The number of nitrogens with zero attached hydrogens (tertiary/aromatic N) is 1. The van der Waals surface area contributed by atoms with Gasteiger partial charge < -0.3 is 9.67 Å². The summed E-state index contributed by atoms with van der Waals surface area (Å²) in [6, 6.07) is 3.58. The van der Waals surface area contributed by atoms with Crippen LogP contribution in [0.3, 0.4) is 0 Å². The van der Waals surface area contributed by atoms with Crippen LogP contribution in [0.2, 0.25) is 0 Å². The third-order valence-corrected chi connectivity index (χ3v) is 3.46. The van der Waals surface area contributed by atoms with E-state index < -0.39 is 11.4 Å². The second-order valence-corrected chi connectivity index (χ2v) is 4.77. The molecule has 0 saturated carbocycles. The summed E-state index contributed by atoms with van der Waals surface area (Å²) < 4.78 is 1.88. The predicted molar refractivity (Wildman–Crippen MR) is 74.9 cm³/mol. The van der Waals surface area contributed by atoms with Crippen LogP contribution in [-0.2, 0) is 6.54 Å². The van der Waals surface area contributed by atoms with Gasteiger partial charge in [-0.3, -0.25) is 4.79 Å². The molecule has 0 atom stereocenters. The molecule has 2 aromatic rings.